The molecular weight excluding hydrogens is 641 g/mol. The van der Waals surface area contributed by atoms with Gasteiger partial charge in [0.1, 0.15) is 5.76 Å². The number of carbonyl (C=O) groups is 1. The maximum atomic E-state index is 12.5. The van der Waals surface area contributed by atoms with Crippen molar-refractivity contribution in [2.24, 2.45) is 11.8 Å². The Balaban J connectivity index is 3.54. The molecule has 0 aromatic heterocycles. The topological polar surface area (TPSA) is 83.5 Å². The zero-order valence-corrected chi connectivity index (χ0v) is 37.1. The summed E-state index contributed by atoms with van der Waals surface area (Å²) < 4.78 is 32.4. The van der Waals surface area contributed by atoms with E-state index in [2.05, 4.69) is 122 Å². The van der Waals surface area contributed by atoms with Gasteiger partial charge in [-0.1, -0.05) is 87.8 Å². The Kier molecular flexibility index (Phi) is 14.7. The van der Waals surface area contributed by atoms with Crippen LogP contribution in [0.2, 0.25) is 54.4 Å². The molecule has 0 bridgehead atoms. The van der Waals surface area contributed by atoms with Gasteiger partial charge in [-0.3, -0.25) is 0 Å². The lowest BCUT2D eigenvalue weighted by atomic mass is 9.84. The molecule has 0 spiro atoms. The molecule has 1 aliphatic heterocycles. The van der Waals surface area contributed by atoms with Crippen LogP contribution < -0.4 is 0 Å². The third kappa shape index (κ3) is 12.8. The molecule has 7 nitrogen and oxygen atoms in total. The molecule has 1 heterocycles. The Morgan fingerprint density at radius 3 is 1.74 bits per heavy atom. The molecule has 0 saturated carbocycles. The summed E-state index contributed by atoms with van der Waals surface area (Å²) in [5, 5.41) is 11.9. The van der Waals surface area contributed by atoms with Gasteiger partial charge in [-0.2, -0.15) is 0 Å². The molecule has 276 valence electrons. The minimum absolute atomic E-state index is 0.0267. The van der Waals surface area contributed by atoms with Crippen molar-refractivity contribution in [3.63, 3.8) is 0 Å². The molecule has 5 atom stereocenters. The number of aliphatic hydroxyl groups is 1. The second-order valence-electron chi connectivity index (χ2n) is 19.1. The van der Waals surface area contributed by atoms with Crippen LogP contribution in [0.1, 0.15) is 110 Å². The lowest BCUT2D eigenvalue weighted by Crippen LogP contribution is -2.53. The van der Waals surface area contributed by atoms with Gasteiger partial charge < -0.3 is 27.9 Å². The first kappa shape index (κ1) is 44.3. The number of hydrogen-bond acceptors (Lipinski definition) is 7. The van der Waals surface area contributed by atoms with Gasteiger partial charge in [-0.05, 0) is 67.7 Å². The summed E-state index contributed by atoms with van der Waals surface area (Å²) in [6.45, 7) is 44.2. The zero-order chi connectivity index (χ0) is 37.2. The van der Waals surface area contributed by atoms with Crippen molar-refractivity contribution in [1.82, 2.24) is 0 Å². The van der Waals surface area contributed by atoms with Gasteiger partial charge in [0.05, 0.1) is 24.4 Å². The van der Waals surface area contributed by atoms with E-state index in [1.165, 1.54) is 6.08 Å². The summed E-state index contributed by atoms with van der Waals surface area (Å²) in [6, 6.07) is 0. The highest BCUT2D eigenvalue weighted by molar-refractivity contribution is 6.75. The standard InChI is InChI=1S/C37H74O7Si3/c1-26(21-22-40-45(15,16)34(4,5)6)23-30(38)27(2)33(44-47(19,20)36(10,11)12)28(3)31(43-46(17,18)35(7,8)9)24-29-25-32(39)42-37(13,14)41-29/h23,25,27-28,30-31,33,38H,21-22,24H2,1-20H3/b26-23+/t27-,28-,30-,31+,33+/m0/s1. The van der Waals surface area contributed by atoms with E-state index in [1.807, 2.05) is 6.08 Å². The van der Waals surface area contributed by atoms with E-state index in [9.17, 15) is 9.90 Å². The van der Waals surface area contributed by atoms with Crippen LogP contribution in [0.3, 0.4) is 0 Å². The van der Waals surface area contributed by atoms with E-state index in [0.717, 1.165) is 12.0 Å². The van der Waals surface area contributed by atoms with Crippen LogP contribution in [0.15, 0.2) is 23.5 Å². The third-order valence-electron chi connectivity index (χ3n) is 11.3. The first-order valence-corrected chi connectivity index (χ1v) is 26.4. The monoisotopic (exact) mass is 714 g/mol. The quantitative estimate of drug-likeness (QED) is 0.103. The molecule has 47 heavy (non-hydrogen) atoms. The maximum Gasteiger partial charge on any atom is 0.337 e. The van der Waals surface area contributed by atoms with Crippen LogP contribution in [0, 0.1) is 11.8 Å². The number of rotatable bonds is 15. The van der Waals surface area contributed by atoms with Crippen molar-refractivity contribution in [3.05, 3.63) is 23.5 Å². The predicted molar refractivity (Wildman–Crippen MR) is 204 cm³/mol. The molecule has 0 unspecified atom stereocenters. The van der Waals surface area contributed by atoms with Crippen LogP contribution in [0.5, 0.6) is 0 Å². The van der Waals surface area contributed by atoms with E-state index < -0.39 is 42.8 Å². The van der Waals surface area contributed by atoms with Crippen LogP contribution in [-0.4, -0.2) is 66.7 Å². The van der Waals surface area contributed by atoms with E-state index in [0.29, 0.717) is 18.8 Å². The minimum atomic E-state index is -2.28. The molecular formula is C37H74O7Si3. The van der Waals surface area contributed by atoms with Crippen molar-refractivity contribution in [1.29, 1.82) is 0 Å². The van der Waals surface area contributed by atoms with Crippen LogP contribution >= 0.6 is 0 Å². The second-order valence-corrected chi connectivity index (χ2v) is 33.4. The fraction of sp³-hybridized carbons (Fsp3) is 0.865. The SMILES string of the molecule is C/C(=C\[C@H](O)[C@H](C)[C@@H](O[Si](C)(C)C(C)(C)C)[C@@H](C)[C@@H](CC1=CC(=O)OC(C)(C)O1)O[Si](C)(C)C(C)(C)C)CCO[Si](C)(C)C(C)(C)C. The second kappa shape index (κ2) is 15.6. The lowest BCUT2D eigenvalue weighted by Gasteiger charge is -2.47. The molecule has 0 fully saturated rings. The van der Waals surface area contributed by atoms with Crippen molar-refractivity contribution in [3.8, 4) is 0 Å². The lowest BCUT2D eigenvalue weighted by molar-refractivity contribution is -0.207. The maximum absolute atomic E-state index is 12.5. The van der Waals surface area contributed by atoms with Crippen molar-refractivity contribution < 1.29 is 32.7 Å². The molecule has 0 aromatic carbocycles. The summed E-state index contributed by atoms with van der Waals surface area (Å²) >= 11 is 0. The number of ether oxygens (including phenoxy) is 2. The highest BCUT2D eigenvalue weighted by Crippen LogP contribution is 2.44. The number of hydrogen-bond donors (Lipinski definition) is 1. The number of aliphatic hydroxyl groups excluding tert-OH is 1. The first-order valence-electron chi connectivity index (χ1n) is 17.7. The highest BCUT2D eigenvalue weighted by Gasteiger charge is 2.47. The van der Waals surface area contributed by atoms with Crippen molar-refractivity contribution in [2.45, 2.75) is 188 Å². The predicted octanol–water partition coefficient (Wildman–Crippen LogP) is 10.3. The smallest absolute Gasteiger partial charge is 0.337 e. The normalized spacial score (nSPS) is 20.5. The molecule has 1 rings (SSSR count). The number of carbonyl (C=O) groups excluding carboxylic acids is 1. The molecule has 0 aliphatic carbocycles. The summed E-state index contributed by atoms with van der Waals surface area (Å²) in [6.07, 6.45) is 3.28. The summed E-state index contributed by atoms with van der Waals surface area (Å²) in [7, 11) is -6.40. The van der Waals surface area contributed by atoms with Crippen molar-refractivity contribution in [2.75, 3.05) is 6.61 Å². The average molecular weight is 715 g/mol. The molecule has 0 radical (unpaired) electrons. The summed E-state index contributed by atoms with van der Waals surface area (Å²) in [5.74, 6) is -1.25. The Labute approximate surface area is 293 Å². The van der Waals surface area contributed by atoms with Gasteiger partial charge in [-0.15, -0.1) is 0 Å². The molecule has 0 saturated heterocycles. The molecule has 0 amide bonds. The van der Waals surface area contributed by atoms with Gasteiger partial charge >= 0.3 is 5.97 Å². The minimum Gasteiger partial charge on any atom is -0.457 e. The Morgan fingerprint density at radius 1 is 0.830 bits per heavy atom. The van der Waals surface area contributed by atoms with Gasteiger partial charge in [0.25, 0.3) is 0 Å². The van der Waals surface area contributed by atoms with Gasteiger partial charge in [0, 0.05) is 38.7 Å². The molecule has 1 aliphatic rings. The Morgan fingerprint density at radius 2 is 1.30 bits per heavy atom. The Hall–Kier alpha value is -0.759. The Bertz CT molecular complexity index is 1100. The fourth-order valence-corrected chi connectivity index (χ4v) is 8.70. The van der Waals surface area contributed by atoms with Gasteiger partial charge in [-0.25, -0.2) is 4.79 Å². The highest BCUT2D eigenvalue weighted by atomic mass is 28.4. The molecule has 0 aromatic rings. The molecule has 1 N–H and O–H groups in total. The fourth-order valence-electron chi connectivity index (χ4n) is 4.78. The number of esters is 1. The summed E-state index contributed by atoms with van der Waals surface area (Å²) in [5.41, 5.74) is 1.11. The molecule has 10 heteroatoms. The first-order chi connectivity index (χ1) is 20.7. The third-order valence-corrected chi connectivity index (χ3v) is 24.8. The van der Waals surface area contributed by atoms with Crippen molar-refractivity contribution >= 4 is 30.9 Å². The van der Waals surface area contributed by atoms with Gasteiger partial charge in [0.15, 0.2) is 25.0 Å². The van der Waals surface area contributed by atoms with E-state index in [4.69, 9.17) is 22.8 Å². The van der Waals surface area contributed by atoms with Crippen LogP contribution in [-0.2, 0) is 27.5 Å². The zero-order valence-electron chi connectivity index (χ0n) is 34.1. The van der Waals surface area contributed by atoms with E-state index >= 15 is 0 Å². The average Bonchev–Trinajstić information content (AvgIpc) is 2.82. The van der Waals surface area contributed by atoms with Crippen LogP contribution in [0.25, 0.3) is 0 Å². The van der Waals surface area contributed by atoms with E-state index in [-0.39, 0.29) is 39.2 Å². The largest absolute Gasteiger partial charge is 0.457 e. The summed E-state index contributed by atoms with van der Waals surface area (Å²) in [4.78, 5) is 12.5. The van der Waals surface area contributed by atoms with Gasteiger partial charge in [0.2, 0.25) is 5.79 Å². The number of cyclic esters (lactones) is 1. The van der Waals surface area contributed by atoms with Crippen LogP contribution in [0.4, 0.5) is 0 Å². The van der Waals surface area contributed by atoms with E-state index in [1.54, 1.807) is 13.8 Å².